The highest BCUT2D eigenvalue weighted by atomic mass is 35.5. The molecule has 0 bridgehead atoms. The summed E-state index contributed by atoms with van der Waals surface area (Å²) in [7, 11) is 0. The Morgan fingerprint density at radius 2 is 2.00 bits per heavy atom. The number of benzene rings is 1. The van der Waals surface area contributed by atoms with E-state index in [1.807, 2.05) is 23.1 Å². The van der Waals surface area contributed by atoms with Gasteiger partial charge in [0.25, 0.3) is 0 Å². The van der Waals surface area contributed by atoms with E-state index in [4.69, 9.17) is 17.3 Å². The van der Waals surface area contributed by atoms with Crippen molar-refractivity contribution in [1.82, 2.24) is 0 Å². The highest BCUT2D eigenvalue weighted by Gasteiger charge is 2.39. The number of rotatable bonds is 1. The average molecular weight is 251 g/mol. The summed E-state index contributed by atoms with van der Waals surface area (Å²) in [6, 6.07) is 5.35. The van der Waals surface area contributed by atoms with Crippen LogP contribution in [0.1, 0.15) is 37.3 Å². The van der Waals surface area contributed by atoms with Gasteiger partial charge in [-0.05, 0) is 31.0 Å². The summed E-state index contributed by atoms with van der Waals surface area (Å²) in [5, 5.41) is 0.639. The lowest BCUT2D eigenvalue weighted by molar-refractivity contribution is -0.119. The Morgan fingerprint density at radius 3 is 2.71 bits per heavy atom. The standard InChI is InChI=1S/C13H15ClN2O/c14-8-5-6-11-10(7-8)12(15)13(17)16(11)9-3-1-2-4-9/h5-7,9,12H,1-4,15H2/t12-/m1/s1. The molecule has 1 heterocycles. The van der Waals surface area contributed by atoms with Crippen LogP contribution in [0, 0.1) is 0 Å². The van der Waals surface area contributed by atoms with Crippen LogP contribution in [0.5, 0.6) is 0 Å². The molecule has 0 saturated heterocycles. The minimum atomic E-state index is -0.538. The third-order valence-corrected chi connectivity index (χ3v) is 4.01. The summed E-state index contributed by atoms with van der Waals surface area (Å²) in [6.45, 7) is 0. The number of halogens is 1. The first-order valence-electron chi connectivity index (χ1n) is 6.06. The van der Waals surface area contributed by atoms with Crippen LogP contribution in [0.4, 0.5) is 5.69 Å². The number of nitrogens with two attached hydrogens (primary N) is 1. The van der Waals surface area contributed by atoms with Crippen molar-refractivity contribution in [2.45, 2.75) is 37.8 Å². The van der Waals surface area contributed by atoms with Crippen molar-refractivity contribution in [2.24, 2.45) is 5.73 Å². The summed E-state index contributed by atoms with van der Waals surface area (Å²) in [5.41, 5.74) is 7.79. The molecule has 1 atom stereocenters. The minimum Gasteiger partial charge on any atom is -0.316 e. The van der Waals surface area contributed by atoms with E-state index in [1.54, 1.807) is 0 Å². The normalized spacial score (nSPS) is 24.5. The van der Waals surface area contributed by atoms with Crippen LogP contribution in [0.2, 0.25) is 5.02 Å². The third-order valence-electron chi connectivity index (χ3n) is 3.78. The topological polar surface area (TPSA) is 46.3 Å². The van der Waals surface area contributed by atoms with Crippen molar-refractivity contribution in [1.29, 1.82) is 0 Å². The molecule has 4 heteroatoms. The molecule has 0 unspecified atom stereocenters. The minimum absolute atomic E-state index is 0.0224. The maximum absolute atomic E-state index is 12.2. The summed E-state index contributed by atoms with van der Waals surface area (Å²) >= 11 is 5.96. The number of nitrogens with zero attached hydrogens (tertiary/aromatic N) is 1. The third kappa shape index (κ3) is 1.65. The number of amides is 1. The Bertz CT molecular complexity index is 468. The van der Waals surface area contributed by atoms with Gasteiger partial charge in [-0.15, -0.1) is 0 Å². The van der Waals surface area contributed by atoms with Gasteiger partial charge in [-0.1, -0.05) is 24.4 Å². The summed E-state index contributed by atoms with van der Waals surface area (Å²) < 4.78 is 0. The molecule has 90 valence electrons. The second kappa shape index (κ2) is 4.00. The molecule has 0 radical (unpaired) electrons. The second-order valence-electron chi connectivity index (χ2n) is 4.83. The predicted octanol–water partition coefficient (Wildman–Crippen LogP) is 2.63. The molecule has 0 aromatic heterocycles. The average Bonchev–Trinajstić information content (AvgIpc) is 2.90. The molecule has 1 fully saturated rings. The molecule has 2 N–H and O–H groups in total. The SMILES string of the molecule is N[C@H]1C(=O)N(C2CCCC2)c2ccc(Cl)cc21. The van der Waals surface area contributed by atoms with E-state index in [0.717, 1.165) is 24.1 Å². The first kappa shape index (κ1) is 11.1. The monoisotopic (exact) mass is 250 g/mol. The van der Waals surface area contributed by atoms with Gasteiger partial charge in [0, 0.05) is 22.3 Å². The molecule has 2 aliphatic rings. The Morgan fingerprint density at radius 1 is 1.29 bits per heavy atom. The lowest BCUT2D eigenvalue weighted by Gasteiger charge is -2.24. The van der Waals surface area contributed by atoms with Crippen LogP contribution in [0.25, 0.3) is 0 Å². The van der Waals surface area contributed by atoms with Gasteiger partial charge in [0.1, 0.15) is 6.04 Å². The molecule has 1 aliphatic carbocycles. The molecule has 1 aliphatic heterocycles. The van der Waals surface area contributed by atoms with Gasteiger partial charge in [0.15, 0.2) is 0 Å². The quantitative estimate of drug-likeness (QED) is 0.833. The largest absolute Gasteiger partial charge is 0.316 e. The fraction of sp³-hybridized carbons (Fsp3) is 0.462. The Balaban J connectivity index is 2.04. The Kier molecular flexibility index (Phi) is 2.60. The van der Waals surface area contributed by atoms with Gasteiger partial charge in [0.05, 0.1) is 0 Å². The van der Waals surface area contributed by atoms with Gasteiger partial charge in [-0.3, -0.25) is 4.79 Å². The zero-order chi connectivity index (χ0) is 12.0. The van der Waals surface area contributed by atoms with Crippen molar-refractivity contribution >= 4 is 23.2 Å². The van der Waals surface area contributed by atoms with E-state index >= 15 is 0 Å². The first-order valence-corrected chi connectivity index (χ1v) is 6.44. The maximum atomic E-state index is 12.2. The fourth-order valence-electron chi connectivity index (χ4n) is 2.93. The van der Waals surface area contributed by atoms with E-state index in [2.05, 4.69) is 0 Å². The summed E-state index contributed by atoms with van der Waals surface area (Å²) in [5.74, 6) is 0.0224. The van der Waals surface area contributed by atoms with E-state index in [9.17, 15) is 4.79 Å². The molecule has 1 saturated carbocycles. The molecule has 1 aromatic carbocycles. The van der Waals surface area contributed by atoms with Crippen LogP contribution in [-0.4, -0.2) is 11.9 Å². The molecule has 17 heavy (non-hydrogen) atoms. The predicted molar refractivity (Wildman–Crippen MR) is 68.1 cm³/mol. The van der Waals surface area contributed by atoms with Gasteiger partial charge < -0.3 is 10.6 Å². The molecule has 3 rings (SSSR count). The smallest absolute Gasteiger partial charge is 0.248 e. The highest BCUT2D eigenvalue weighted by molar-refractivity contribution is 6.31. The van der Waals surface area contributed by atoms with Gasteiger partial charge in [-0.2, -0.15) is 0 Å². The fourth-order valence-corrected chi connectivity index (χ4v) is 3.12. The van der Waals surface area contributed by atoms with Crippen LogP contribution in [0.3, 0.4) is 0 Å². The number of carbonyl (C=O) groups is 1. The van der Waals surface area contributed by atoms with Gasteiger partial charge >= 0.3 is 0 Å². The lowest BCUT2D eigenvalue weighted by atomic mass is 10.1. The van der Waals surface area contributed by atoms with E-state index < -0.39 is 6.04 Å². The van der Waals surface area contributed by atoms with Gasteiger partial charge in [-0.25, -0.2) is 0 Å². The van der Waals surface area contributed by atoms with Crippen LogP contribution < -0.4 is 10.6 Å². The molecular formula is C13H15ClN2O. The van der Waals surface area contributed by atoms with Crippen molar-refractivity contribution < 1.29 is 4.79 Å². The first-order chi connectivity index (χ1) is 8.18. The molecule has 3 nitrogen and oxygen atoms in total. The summed E-state index contributed by atoms with van der Waals surface area (Å²) in [6.07, 6.45) is 4.57. The maximum Gasteiger partial charge on any atom is 0.248 e. The van der Waals surface area contributed by atoms with Crippen molar-refractivity contribution in [3.63, 3.8) is 0 Å². The zero-order valence-electron chi connectivity index (χ0n) is 9.53. The van der Waals surface area contributed by atoms with E-state index in [1.165, 1.54) is 12.8 Å². The number of hydrogen-bond acceptors (Lipinski definition) is 2. The van der Waals surface area contributed by atoms with E-state index in [0.29, 0.717) is 11.1 Å². The zero-order valence-corrected chi connectivity index (χ0v) is 10.3. The van der Waals surface area contributed by atoms with Crippen molar-refractivity contribution in [3.05, 3.63) is 28.8 Å². The number of carbonyl (C=O) groups excluding carboxylic acids is 1. The van der Waals surface area contributed by atoms with Crippen molar-refractivity contribution in [2.75, 3.05) is 4.90 Å². The molecular weight excluding hydrogens is 236 g/mol. The number of fused-ring (bicyclic) bond motifs is 1. The Hall–Kier alpha value is -1.06. The second-order valence-corrected chi connectivity index (χ2v) is 5.26. The number of anilines is 1. The molecule has 1 aromatic rings. The van der Waals surface area contributed by atoms with Gasteiger partial charge in [0.2, 0.25) is 5.91 Å². The highest BCUT2D eigenvalue weighted by Crippen LogP contribution is 2.40. The Labute approximate surface area is 106 Å². The van der Waals surface area contributed by atoms with E-state index in [-0.39, 0.29) is 5.91 Å². The van der Waals surface area contributed by atoms with Crippen molar-refractivity contribution in [3.8, 4) is 0 Å². The lowest BCUT2D eigenvalue weighted by Crippen LogP contribution is -2.38. The van der Waals surface area contributed by atoms with Crippen LogP contribution in [0.15, 0.2) is 18.2 Å². The van der Waals surface area contributed by atoms with Crippen LogP contribution in [-0.2, 0) is 4.79 Å². The number of hydrogen-bond donors (Lipinski definition) is 1. The summed E-state index contributed by atoms with van der Waals surface area (Å²) in [4.78, 5) is 14.1. The van der Waals surface area contributed by atoms with Crippen LogP contribution >= 0.6 is 11.6 Å². The molecule has 0 spiro atoms. The molecule has 1 amide bonds.